The van der Waals surface area contributed by atoms with Gasteiger partial charge in [0.25, 0.3) is 0 Å². The quantitative estimate of drug-likeness (QED) is 0.265. The molecule has 1 unspecified atom stereocenters. The van der Waals surface area contributed by atoms with E-state index in [9.17, 15) is 15.3 Å². The van der Waals surface area contributed by atoms with Crippen molar-refractivity contribution in [2.45, 2.75) is 57.8 Å². The van der Waals surface area contributed by atoms with E-state index < -0.39 is 18.2 Å². The van der Waals surface area contributed by atoms with Gasteiger partial charge in [-0.1, -0.05) is 6.92 Å². The molecule has 0 spiro atoms. The lowest BCUT2D eigenvalue weighted by molar-refractivity contribution is 0.00446. The molecule has 6 N–H and O–H groups in total. The topological polar surface area (TPSA) is 148 Å². The van der Waals surface area contributed by atoms with Gasteiger partial charge in [0.15, 0.2) is 0 Å². The van der Waals surface area contributed by atoms with Gasteiger partial charge >= 0.3 is 0 Å². The Morgan fingerprint density at radius 3 is 2.67 bits per heavy atom. The molecule has 1 aliphatic carbocycles. The van der Waals surface area contributed by atoms with Gasteiger partial charge in [-0.2, -0.15) is 4.98 Å². The smallest absolute Gasteiger partial charge is 0.224 e. The molecule has 2 fully saturated rings. The zero-order valence-electron chi connectivity index (χ0n) is 20.7. The highest BCUT2D eigenvalue weighted by atomic mass is 32.1. The minimum absolute atomic E-state index is 0.183. The van der Waals surface area contributed by atoms with Crippen molar-refractivity contribution in [3.05, 3.63) is 24.2 Å². The molecule has 0 bridgehead atoms. The van der Waals surface area contributed by atoms with Crippen molar-refractivity contribution in [2.24, 2.45) is 11.3 Å². The number of aryl methyl sites for hydroxylation is 1. The van der Waals surface area contributed by atoms with E-state index in [1.165, 1.54) is 11.3 Å². The number of aromatic nitrogens is 4. The summed E-state index contributed by atoms with van der Waals surface area (Å²) < 4.78 is 1.01. The Morgan fingerprint density at radius 2 is 1.97 bits per heavy atom. The first-order chi connectivity index (χ1) is 17.4. The Morgan fingerprint density at radius 1 is 1.17 bits per heavy atom. The molecule has 194 valence electrons. The Kier molecular flexibility index (Phi) is 7.36. The maximum atomic E-state index is 10.7. The van der Waals surface area contributed by atoms with Crippen LogP contribution in [0.2, 0.25) is 0 Å². The third-order valence-electron chi connectivity index (χ3n) is 7.89. The van der Waals surface area contributed by atoms with E-state index in [-0.39, 0.29) is 17.9 Å². The van der Waals surface area contributed by atoms with E-state index in [4.69, 9.17) is 15.0 Å². The first-order valence-corrected chi connectivity index (χ1v) is 13.5. The number of hydrogen-bond donors (Lipinski definition) is 6. The van der Waals surface area contributed by atoms with Crippen LogP contribution in [0.3, 0.4) is 0 Å². The third-order valence-corrected chi connectivity index (χ3v) is 8.94. The van der Waals surface area contributed by atoms with Gasteiger partial charge in [0.2, 0.25) is 5.95 Å². The fourth-order valence-electron chi connectivity index (χ4n) is 5.40. The van der Waals surface area contributed by atoms with Gasteiger partial charge < -0.3 is 31.3 Å². The minimum Gasteiger partial charge on any atom is -0.396 e. The largest absolute Gasteiger partial charge is 0.396 e. The third kappa shape index (κ3) is 4.90. The number of aliphatic hydroxyl groups excluding tert-OH is 3. The van der Waals surface area contributed by atoms with Gasteiger partial charge in [0, 0.05) is 25.3 Å². The summed E-state index contributed by atoms with van der Waals surface area (Å²) in [5, 5.41) is 41.7. The Bertz CT molecular complexity index is 1170. The number of rotatable bonds is 8. The summed E-state index contributed by atoms with van der Waals surface area (Å²) in [5.74, 6) is 0.696. The van der Waals surface area contributed by atoms with Crippen molar-refractivity contribution in [2.75, 3.05) is 36.9 Å². The number of thiazole rings is 1. The lowest BCUT2D eigenvalue weighted by Gasteiger charge is -2.37. The summed E-state index contributed by atoms with van der Waals surface area (Å²) in [4.78, 5) is 18.6. The van der Waals surface area contributed by atoms with Gasteiger partial charge in [0.1, 0.15) is 22.4 Å². The average Bonchev–Trinajstić information content (AvgIpc) is 3.44. The molecule has 36 heavy (non-hydrogen) atoms. The molecule has 4 atom stereocenters. The van der Waals surface area contributed by atoms with E-state index in [0.717, 1.165) is 65.4 Å². The highest BCUT2D eigenvalue weighted by Crippen LogP contribution is 2.38. The van der Waals surface area contributed by atoms with Crippen LogP contribution in [-0.4, -0.2) is 79.7 Å². The summed E-state index contributed by atoms with van der Waals surface area (Å²) in [7, 11) is 0. The number of pyridine rings is 1. The second-order valence-corrected chi connectivity index (χ2v) is 11.1. The van der Waals surface area contributed by atoms with Crippen LogP contribution in [0.15, 0.2) is 18.5 Å². The van der Waals surface area contributed by atoms with Crippen LogP contribution < -0.4 is 16.0 Å². The molecule has 0 radical (unpaired) electrons. The number of hydrogen-bond acceptors (Lipinski definition) is 11. The highest BCUT2D eigenvalue weighted by molar-refractivity contribution is 7.21. The molecule has 0 amide bonds. The summed E-state index contributed by atoms with van der Waals surface area (Å²) >= 11 is 1.54. The van der Waals surface area contributed by atoms with Crippen LogP contribution in [0, 0.1) is 18.3 Å². The molecule has 0 aromatic carbocycles. The predicted molar refractivity (Wildman–Crippen MR) is 141 cm³/mol. The molecular formula is C25H35N7O3S. The van der Waals surface area contributed by atoms with Crippen LogP contribution in [-0.2, 0) is 0 Å². The van der Waals surface area contributed by atoms with Crippen molar-refractivity contribution in [1.82, 2.24) is 25.3 Å². The van der Waals surface area contributed by atoms with Crippen LogP contribution in [0.4, 0.5) is 11.8 Å². The number of nitrogens with one attached hydrogen (secondary N) is 3. The summed E-state index contributed by atoms with van der Waals surface area (Å²) in [6.07, 6.45) is 5.20. The molecule has 5 rings (SSSR count). The second-order valence-electron chi connectivity index (χ2n) is 10.1. The lowest BCUT2D eigenvalue weighted by Crippen LogP contribution is -2.41. The molecule has 11 heteroatoms. The molecule has 1 saturated heterocycles. The van der Waals surface area contributed by atoms with Crippen molar-refractivity contribution in [3.63, 3.8) is 0 Å². The zero-order chi connectivity index (χ0) is 25.3. The maximum absolute atomic E-state index is 10.7. The van der Waals surface area contributed by atoms with E-state index in [1.54, 1.807) is 12.4 Å². The molecule has 1 saturated carbocycles. The number of piperidine rings is 1. The molecular weight excluding hydrogens is 478 g/mol. The summed E-state index contributed by atoms with van der Waals surface area (Å²) in [5.41, 5.74) is 2.54. The van der Waals surface area contributed by atoms with Crippen LogP contribution in [0.1, 0.15) is 38.3 Å². The molecule has 3 aromatic rings. The SMILES string of the molecule is CCC1(CNc2nc(C)c(-c3nc4cnccc4s3)c(NC3C[C@H](CO)[C@@H](O)[C@H]3O)n2)CCNCC1. The Hall–Kier alpha value is -2.44. The van der Waals surface area contributed by atoms with Crippen molar-refractivity contribution >= 4 is 33.3 Å². The molecule has 1 aliphatic heterocycles. The fourth-order valence-corrected chi connectivity index (χ4v) is 6.43. The average molecular weight is 514 g/mol. The Labute approximate surface area is 214 Å². The Balaban J connectivity index is 1.49. The number of aliphatic hydroxyl groups is 3. The van der Waals surface area contributed by atoms with Crippen LogP contribution in [0.5, 0.6) is 0 Å². The molecule has 3 aromatic heterocycles. The minimum atomic E-state index is -1.01. The summed E-state index contributed by atoms with van der Waals surface area (Å²) in [6, 6.07) is 1.47. The van der Waals surface area contributed by atoms with Gasteiger partial charge in [-0.15, -0.1) is 11.3 Å². The monoisotopic (exact) mass is 513 g/mol. The molecule has 4 heterocycles. The van der Waals surface area contributed by atoms with E-state index in [2.05, 4.69) is 27.9 Å². The lowest BCUT2D eigenvalue weighted by atomic mass is 9.76. The summed E-state index contributed by atoms with van der Waals surface area (Å²) in [6.45, 7) is 6.81. The highest BCUT2D eigenvalue weighted by Gasteiger charge is 2.41. The first-order valence-electron chi connectivity index (χ1n) is 12.7. The molecule has 2 aliphatic rings. The van der Waals surface area contributed by atoms with Gasteiger partial charge in [-0.05, 0) is 57.2 Å². The molecule has 10 nitrogen and oxygen atoms in total. The van der Waals surface area contributed by atoms with Crippen molar-refractivity contribution in [3.8, 4) is 10.6 Å². The normalized spacial score (nSPS) is 25.8. The maximum Gasteiger partial charge on any atom is 0.224 e. The van der Waals surface area contributed by atoms with Crippen LogP contribution >= 0.6 is 11.3 Å². The van der Waals surface area contributed by atoms with Crippen molar-refractivity contribution < 1.29 is 15.3 Å². The van der Waals surface area contributed by atoms with Gasteiger partial charge in [-0.3, -0.25) is 4.98 Å². The first kappa shape index (κ1) is 25.2. The van der Waals surface area contributed by atoms with Gasteiger partial charge in [-0.25, -0.2) is 9.97 Å². The number of anilines is 2. The van der Waals surface area contributed by atoms with E-state index >= 15 is 0 Å². The van der Waals surface area contributed by atoms with Crippen molar-refractivity contribution in [1.29, 1.82) is 0 Å². The van der Waals surface area contributed by atoms with E-state index in [0.29, 0.717) is 18.2 Å². The number of nitrogens with zero attached hydrogens (tertiary/aromatic N) is 4. The standard InChI is InChI=1S/C25H35N7O3S/c1-3-25(5-8-26-9-6-25)13-28-24-29-14(2)19(23-31-17-11-27-7-4-18(17)36-23)22(32-24)30-16-10-15(12-33)20(34)21(16)35/h4,7,11,15-16,20-21,26,33-35H,3,5-6,8-10,12-13H2,1-2H3,(H2,28,29,30,32)/t15-,16?,20-,21+/m1/s1. The van der Waals surface area contributed by atoms with E-state index in [1.807, 2.05) is 13.0 Å². The van der Waals surface area contributed by atoms with Crippen LogP contribution in [0.25, 0.3) is 20.8 Å². The number of fused-ring (bicyclic) bond motifs is 1. The van der Waals surface area contributed by atoms with Gasteiger partial charge in [0.05, 0.1) is 34.3 Å². The zero-order valence-corrected chi connectivity index (χ0v) is 21.6. The predicted octanol–water partition coefficient (Wildman–Crippen LogP) is 2.16. The fraction of sp³-hybridized carbons (Fsp3) is 0.600. The second kappa shape index (κ2) is 10.5.